The molecule has 1 saturated heterocycles. The summed E-state index contributed by atoms with van der Waals surface area (Å²) in [6, 6.07) is 5.29. The molecule has 1 aromatic heterocycles. The van der Waals surface area contributed by atoms with Crippen LogP contribution in [0.2, 0.25) is 0 Å². The van der Waals surface area contributed by atoms with Gasteiger partial charge in [0, 0.05) is 32.2 Å². The number of hydrogen-bond donors (Lipinski definition) is 2. The molecule has 1 aliphatic rings. The number of aromatic nitrogens is 2. The second kappa shape index (κ2) is 9.13. The van der Waals surface area contributed by atoms with E-state index >= 15 is 0 Å². The quantitative estimate of drug-likeness (QED) is 0.616. The molecular formula is C17H22FN5O4S. The van der Waals surface area contributed by atoms with Gasteiger partial charge in [-0.3, -0.25) is 0 Å². The molecule has 28 heavy (non-hydrogen) atoms. The molecule has 0 spiro atoms. The van der Waals surface area contributed by atoms with E-state index < -0.39 is 15.8 Å². The molecule has 0 radical (unpaired) electrons. The van der Waals surface area contributed by atoms with Crippen LogP contribution in [-0.2, 0) is 14.8 Å². The molecule has 3 rings (SSSR count). The van der Waals surface area contributed by atoms with Crippen molar-refractivity contribution in [2.24, 2.45) is 0 Å². The first-order valence-electron chi connectivity index (χ1n) is 8.71. The lowest BCUT2D eigenvalue weighted by Crippen LogP contribution is -2.36. The maximum atomic E-state index is 13.7. The summed E-state index contributed by atoms with van der Waals surface area (Å²) in [5.74, 6) is 0.627. The van der Waals surface area contributed by atoms with Gasteiger partial charge in [-0.25, -0.2) is 27.5 Å². The fraction of sp³-hybridized carbons (Fsp3) is 0.412. The first kappa shape index (κ1) is 20.2. The van der Waals surface area contributed by atoms with E-state index in [1.165, 1.54) is 25.6 Å². The number of anilines is 2. The van der Waals surface area contributed by atoms with E-state index in [0.717, 1.165) is 25.0 Å². The van der Waals surface area contributed by atoms with Crippen LogP contribution in [0.25, 0.3) is 0 Å². The van der Waals surface area contributed by atoms with Crippen molar-refractivity contribution in [2.45, 2.75) is 4.90 Å². The summed E-state index contributed by atoms with van der Waals surface area (Å²) < 4.78 is 50.8. The summed E-state index contributed by atoms with van der Waals surface area (Å²) in [4.78, 5) is 10.3. The number of hydrogen-bond acceptors (Lipinski definition) is 8. The number of rotatable bonds is 8. The van der Waals surface area contributed by atoms with E-state index in [2.05, 4.69) is 24.9 Å². The Morgan fingerprint density at radius 1 is 1.21 bits per heavy atom. The molecule has 2 heterocycles. The Hall–Kier alpha value is -2.50. The molecule has 1 aromatic carbocycles. The van der Waals surface area contributed by atoms with Crippen molar-refractivity contribution in [3.05, 3.63) is 36.4 Å². The van der Waals surface area contributed by atoms with E-state index in [4.69, 9.17) is 9.47 Å². The number of methoxy groups -OCH3 is 1. The van der Waals surface area contributed by atoms with Crippen LogP contribution in [0.15, 0.2) is 35.5 Å². The summed E-state index contributed by atoms with van der Waals surface area (Å²) in [7, 11) is -2.51. The molecule has 0 saturated carbocycles. The highest BCUT2D eigenvalue weighted by atomic mass is 32.2. The summed E-state index contributed by atoms with van der Waals surface area (Å²) in [5, 5.41) is 3.05. The Labute approximate surface area is 162 Å². The van der Waals surface area contributed by atoms with Crippen molar-refractivity contribution >= 4 is 21.7 Å². The monoisotopic (exact) mass is 411 g/mol. The standard InChI is InChI=1S/C17H22FN5O4S/c1-26-15-3-2-13(10-14(15)18)28(24,25)22-5-4-19-16-11-17(21-12-20-16)23-6-8-27-9-7-23/h2-3,10-12,22H,4-9H2,1H3,(H,19,20,21). The number of benzene rings is 1. The molecule has 9 nitrogen and oxygen atoms in total. The maximum absolute atomic E-state index is 13.7. The Kier molecular flexibility index (Phi) is 6.60. The van der Waals surface area contributed by atoms with Gasteiger partial charge in [-0.1, -0.05) is 0 Å². The van der Waals surface area contributed by atoms with Crippen molar-refractivity contribution in [2.75, 3.05) is 56.7 Å². The van der Waals surface area contributed by atoms with E-state index in [0.29, 0.717) is 25.6 Å². The SMILES string of the molecule is COc1ccc(S(=O)(=O)NCCNc2cc(N3CCOCC3)ncn2)cc1F. The smallest absolute Gasteiger partial charge is 0.240 e. The number of ether oxygens (including phenoxy) is 2. The average Bonchev–Trinajstić information content (AvgIpc) is 2.72. The van der Waals surface area contributed by atoms with Crippen LogP contribution >= 0.6 is 0 Å². The Morgan fingerprint density at radius 2 is 2.00 bits per heavy atom. The van der Waals surface area contributed by atoms with Gasteiger partial charge in [-0.05, 0) is 18.2 Å². The van der Waals surface area contributed by atoms with Crippen molar-refractivity contribution < 1.29 is 22.3 Å². The van der Waals surface area contributed by atoms with Gasteiger partial charge in [0.05, 0.1) is 25.2 Å². The minimum atomic E-state index is -3.83. The van der Waals surface area contributed by atoms with Crippen LogP contribution in [0.4, 0.5) is 16.0 Å². The van der Waals surface area contributed by atoms with Gasteiger partial charge in [0.15, 0.2) is 11.6 Å². The summed E-state index contributed by atoms with van der Waals surface area (Å²) >= 11 is 0. The molecule has 11 heteroatoms. The topological polar surface area (TPSA) is 106 Å². The van der Waals surface area contributed by atoms with E-state index in [-0.39, 0.29) is 17.2 Å². The zero-order valence-corrected chi connectivity index (χ0v) is 16.2. The Morgan fingerprint density at radius 3 is 2.71 bits per heavy atom. The molecule has 2 aromatic rings. The molecule has 0 atom stereocenters. The molecule has 1 aliphatic heterocycles. The summed E-state index contributed by atoms with van der Waals surface area (Å²) in [6.45, 7) is 3.23. The van der Waals surface area contributed by atoms with Gasteiger partial charge < -0.3 is 19.7 Å². The van der Waals surface area contributed by atoms with Crippen LogP contribution in [0, 0.1) is 5.82 Å². The number of nitrogens with zero attached hydrogens (tertiary/aromatic N) is 3. The number of morpholine rings is 1. The van der Waals surface area contributed by atoms with Gasteiger partial charge in [0.1, 0.15) is 18.0 Å². The van der Waals surface area contributed by atoms with Gasteiger partial charge in [-0.15, -0.1) is 0 Å². The van der Waals surface area contributed by atoms with Gasteiger partial charge in [-0.2, -0.15) is 0 Å². The number of halogens is 1. The average molecular weight is 411 g/mol. The summed E-state index contributed by atoms with van der Waals surface area (Å²) in [6.07, 6.45) is 1.46. The lowest BCUT2D eigenvalue weighted by atomic mass is 10.3. The minimum Gasteiger partial charge on any atom is -0.494 e. The largest absolute Gasteiger partial charge is 0.494 e. The fourth-order valence-electron chi connectivity index (χ4n) is 2.68. The highest BCUT2D eigenvalue weighted by Crippen LogP contribution is 2.20. The third kappa shape index (κ3) is 5.06. The van der Waals surface area contributed by atoms with Crippen LogP contribution < -0.4 is 19.7 Å². The molecule has 2 N–H and O–H groups in total. The number of sulfonamides is 1. The Bertz CT molecular complexity index is 906. The van der Waals surface area contributed by atoms with Gasteiger partial charge >= 0.3 is 0 Å². The second-order valence-corrected chi connectivity index (χ2v) is 7.75. The van der Waals surface area contributed by atoms with Crippen molar-refractivity contribution in [3.8, 4) is 5.75 Å². The molecule has 0 unspecified atom stereocenters. The molecule has 1 fully saturated rings. The first-order chi connectivity index (χ1) is 13.5. The predicted molar refractivity (Wildman–Crippen MR) is 102 cm³/mol. The predicted octanol–water partition coefficient (Wildman–Crippen LogP) is 0.851. The third-order valence-corrected chi connectivity index (χ3v) is 5.60. The van der Waals surface area contributed by atoms with Crippen molar-refractivity contribution in [3.63, 3.8) is 0 Å². The van der Waals surface area contributed by atoms with Crippen LogP contribution in [0.3, 0.4) is 0 Å². The minimum absolute atomic E-state index is 0.0135. The van der Waals surface area contributed by atoms with E-state index in [9.17, 15) is 12.8 Å². The maximum Gasteiger partial charge on any atom is 0.240 e. The first-order valence-corrected chi connectivity index (χ1v) is 10.2. The highest BCUT2D eigenvalue weighted by molar-refractivity contribution is 7.89. The third-order valence-electron chi connectivity index (χ3n) is 4.14. The molecular weight excluding hydrogens is 389 g/mol. The molecule has 0 amide bonds. The van der Waals surface area contributed by atoms with Crippen LogP contribution in [0.1, 0.15) is 0 Å². The van der Waals surface area contributed by atoms with Crippen molar-refractivity contribution in [1.82, 2.24) is 14.7 Å². The Balaban J connectivity index is 1.53. The molecule has 0 aliphatic carbocycles. The fourth-order valence-corrected chi connectivity index (χ4v) is 3.73. The number of nitrogens with one attached hydrogen (secondary N) is 2. The second-order valence-electron chi connectivity index (χ2n) is 5.98. The van der Waals surface area contributed by atoms with Crippen LogP contribution in [0.5, 0.6) is 5.75 Å². The lowest BCUT2D eigenvalue weighted by Gasteiger charge is -2.27. The van der Waals surface area contributed by atoms with Crippen molar-refractivity contribution in [1.29, 1.82) is 0 Å². The molecule has 152 valence electrons. The van der Waals surface area contributed by atoms with E-state index in [1.807, 2.05) is 0 Å². The van der Waals surface area contributed by atoms with Crippen LogP contribution in [-0.4, -0.2) is 64.9 Å². The zero-order valence-electron chi connectivity index (χ0n) is 15.4. The van der Waals surface area contributed by atoms with Gasteiger partial charge in [0.2, 0.25) is 10.0 Å². The highest BCUT2D eigenvalue weighted by Gasteiger charge is 2.16. The van der Waals surface area contributed by atoms with Gasteiger partial charge in [0.25, 0.3) is 0 Å². The molecule has 0 bridgehead atoms. The van der Waals surface area contributed by atoms with E-state index in [1.54, 1.807) is 6.07 Å². The normalized spacial score (nSPS) is 14.7. The zero-order chi connectivity index (χ0) is 20.0. The lowest BCUT2D eigenvalue weighted by molar-refractivity contribution is 0.122. The summed E-state index contributed by atoms with van der Waals surface area (Å²) in [5.41, 5.74) is 0.